The van der Waals surface area contributed by atoms with E-state index in [0.717, 1.165) is 11.8 Å². The molecule has 1 unspecified atom stereocenters. The minimum atomic E-state index is -0.539. The van der Waals surface area contributed by atoms with Gasteiger partial charge in [-0.3, -0.25) is 19.6 Å². The Morgan fingerprint density at radius 3 is 2.73 bits per heavy atom. The van der Waals surface area contributed by atoms with Crippen molar-refractivity contribution in [2.24, 2.45) is 5.92 Å². The van der Waals surface area contributed by atoms with Gasteiger partial charge in [-0.05, 0) is 17.7 Å². The molecule has 2 aromatic rings. The number of nitrogens with one attached hydrogen (secondary N) is 1. The normalized spacial score (nSPS) is 11.9. The molecule has 0 radical (unpaired) electrons. The van der Waals surface area contributed by atoms with Gasteiger partial charge in [0.05, 0.1) is 17.4 Å². The molecule has 0 spiro atoms. The predicted molar refractivity (Wildman–Crippen MR) is 76.3 cm³/mol. The van der Waals surface area contributed by atoms with E-state index < -0.39 is 10.8 Å². The monoisotopic (exact) mass is 306 g/mol. The number of halogens is 1. The second-order valence-electron chi connectivity index (χ2n) is 4.92. The molecule has 0 saturated carbocycles. The van der Waals surface area contributed by atoms with Gasteiger partial charge in [0.2, 0.25) is 5.91 Å². The lowest BCUT2D eigenvalue weighted by Gasteiger charge is -2.12. The predicted octanol–water partition coefficient (Wildman–Crippen LogP) is 1.88. The molecule has 1 aromatic carbocycles. The molecule has 1 N–H and O–H groups in total. The van der Waals surface area contributed by atoms with Crippen LogP contribution in [0.15, 0.2) is 36.7 Å². The first-order valence-corrected chi connectivity index (χ1v) is 6.64. The lowest BCUT2D eigenvalue weighted by Crippen LogP contribution is -2.31. The Morgan fingerprint density at radius 1 is 1.45 bits per heavy atom. The number of rotatable bonds is 6. The Morgan fingerprint density at radius 2 is 2.14 bits per heavy atom. The van der Waals surface area contributed by atoms with Crippen LogP contribution in [0.25, 0.3) is 0 Å². The molecule has 0 aliphatic carbocycles. The van der Waals surface area contributed by atoms with Gasteiger partial charge in [0.25, 0.3) is 0 Å². The molecule has 7 nitrogen and oxygen atoms in total. The van der Waals surface area contributed by atoms with Crippen molar-refractivity contribution >= 4 is 11.6 Å². The van der Waals surface area contributed by atoms with Crippen LogP contribution in [0.2, 0.25) is 0 Å². The summed E-state index contributed by atoms with van der Waals surface area (Å²) in [6.45, 7) is 2.24. The van der Waals surface area contributed by atoms with Crippen molar-refractivity contribution in [1.82, 2.24) is 15.1 Å². The Kier molecular flexibility index (Phi) is 4.82. The summed E-state index contributed by atoms with van der Waals surface area (Å²) in [5, 5.41) is 17.1. The average Bonchev–Trinajstić information content (AvgIpc) is 2.95. The quantitative estimate of drug-likeness (QED) is 0.651. The lowest BCUT2D eigenvalue weighted by atomic mass is 10.1. The van der Waals surface area contributed by atoms with Gasteiger partial charge in [-0.15, -0.1) is 0 Å². The first-order chi connectivity index (χ1) is 10.5. The summed E-state index contributed by atoms with van der Waals surface area (Å²) >= 11 is 0. The summed E-state index contributed by atoms with van der Waals surface area (Å²) in [7, 11) is 0. The highest BCUT2D eigenvalue weighted by Crippen LogP contribution is 2.10. The van der Waals surface area contributed by atoms with Crippen LogP contribution in [0.4, 0.5) is 10.1 Å². The van der Waals surface area contributed by atoms with Crippen LogP contribution >= 0.6 is 0 Å². The minimum Gasteiger partial charge on any atom is -0.352 e. The lowest BCUT2D eigenvalue weighted by molar-refractivity contribution is -0.385. The van der Waals surface area contributed by atoms with Crippen molar-refractivity contribution in [3.8, 4) is 0 Å². The zero-order valence-electron chi connectivity index (χ0n) is 11.9. The number of amides is 1. The zero-order chi connectivity index (χ0) is 16.1. The van der Waals surface area contributed by atoms with E-state index in [0.29, 0.717) is 6.54 Å². The van der Waals surface area contributed by atoms with Gasteiger partial charge in [-0.1, -0.05) is 19.1 Å². The summed E-state index contributed by atoms with van der Waals surface area (Å²) < 4.78 is 14.1. The number of hydrogen-bond donors (Lipinski definition) is 1. The fourth-order valence-corrected chi connectivity index (χ4v) is 1.88. The highest BCUT2D eigenvalue weighted by molar-refractivity contribution is 5.78. The molecule has 0 saturated heterocycles. The first kappa shape index (κ1) is 15.6. The fraction of sp³-hybridized carbons (Fsp3) is 0.286. The maximum Gasteiger partial charge on any atom is 0.306 e. The topological polar surface area (TPSA) is 90.1 Å². The first-order valence-electron chi connectivity index (χ1n) is 6.64. The van der Waals surface area contributed by atoms with E-state index in [-0.39, 0.29) is 24.0 Å². The minimum absolute atomic E-state index is 0.112. The number of nitrogens with zero attached hydrogens (tertiary/aromatic N) is 3. The number of carbonyl (C=O) groups is 1. The number of carbonyl (C=O) groups excluding carboxylic acids is 1. The molecular weight excluding hydrogens is 291 g/mol. The molecular formula is C14H15FN4O3. The van der Waals surface area contributed by atoms with Gasteiger partial charge in [-0.25, -0.2) is 4.39 Å². The highest BCUT2D eigenvalue weighted by Gasteiger charge is 2.16. The summed E-state index contributed by atoms with van der Waals surface area (Å²) in [6, 6.07) is 5.84. The van der Waals surface area contributed by atoms with Gasteiger partial charge in [-0.2, -0.15) is 5.10 Å². The summed E-state index contributed by atoms with van der Waals surface area (Å²) in [5.74, 6) is -0.939. The Bertz CT molecular complexity index is 669. The van der Waals surface area contributed by atoms with E-state index in [9.17, 15) is 19.3 Å². The van der Waals surface area contributed by atoms with Gasteiger partial charge in [0.15, 0.2) is 0 Å². The Labute approximate surface area is 125 Å². The molecule has 0 aliphatic heterocycles. The standard InChI is InChI=1S/C14H15FN4O3/c1-10(8-18-9-13(7-17-18)19(21)22)14(20)16-6-11-2-4-12(15)5-3-11/h2-5,7,9-10H,6,8H2,1H3,(H,16,20). The van der Waals surface area contributed by atoms with Crippen molar-refractivity contribution in [2.45, 2.75) is 20.0 Å². The molecule has 1 atom stereocenters. The van der Waals surface area contributed by atoms with Crippen molar-refractivity contribution in [2.75, 3.05) is 0 Å². The van der Waals surface area contributed by atoms with Crippen LogP contribution in [0, 0.1) is 21.8 Å². The van der Waals surface area contributed by atoms with E-state index >= 15 is 0 Å². The maximum absolute atomic E-state index is 12.8. The molecule has 116 valence electrons. The SMILES string of the molecule is CC(Cn1cc([N+](=O)[O-])cn1)C(=O)NCc1ccc(F)cc1. The molecule has 0 aliphatic rings. The Hall–Kier alpha value is -2.77. The van der Waals surface area contributed by atoms with Crippen LogP contribution in [0.3, 0.4) is 0 Å². The van der Waals surface area contributed by atoms with Crippen LogP contribution < -0.4 is 5.32 Å². The third-order valence-corrected chi connectivity index (χ3v) is 3.12. The molecule has 1 aromatic heterocycles. The summed E-state index contributed by atoms with van der Waals surface area (Å²) in [4.78, 5) is 22.0. The van der Waals surface area contributed by atoms with E-state index in [1.165, 1.54) is 23.0 Å². The molecule has 2 rings (SSSR count). The molecule has 0 bridgehead atoms. The summed E-state index contributed by atoms with van der Waals surface area (Å²) in [6.07, 6.45) is 2.42. The van der Waals surface area contributed by atoms with E-state index in [4.69, 9.17) is 0 Å². The molecule has 8 heteroatoms. The van der Waals surface area contributed by atoms with Crippen LogP contribution in [0.1, 0.15) is 12.5 Å². The summed E-state index contributed by atoms with van der Waals surface area (Å²) in [5.41, 5.74) is 0.676. The fourth-order valence-electron chi connectivity index (χ4n) is 1.88. The van der Waals surface area contributed by atoms with E-state index in [1.807, 2.05) is 0 Å². The maximum atomic E-state index is 12.8. The van der Waals surface area contributed by atoms with Gasteiger partial charge < -0.3 is 5.32 Å². The van der Waals surface area contributed by atoms with Gasteiger partial charge >= 0.3 is 5.69 Å². The number of benzene rings is 1. The molecule has 1 amide bonds. The van der Waals surface area contributed by atoms with Crippen molar-refractivity contribution in [3.05, 3.63) is 58.2 Å². The smallest absolute Gasteiger partial charge is 0.306 e. The second kappa shape index (κ2) is 6.79. The number of hydrogen-bond acceptors (Lipinski definition) is 4. The van der Waals surface area contributed by atoms with E-state index in [2.05, 4.69) is 10.4 Å². The van der Waals surface area contributed by atoms with Crippen LogP contribution in [0.5, 0.6) is 0 Å². The van der Waals surface area contributed by atoms with Crippen molar-refractivity contribution in [3.63, 3.8) is 0 Å². The molecule has 22 heavy (non-hydrogen) atoms. The van der Waals surface area contributed by atoms with Gasteiger partial charge in [0.1, 0.15) is 18.2 Å². The van der Waals surface area contributed by atoms with Gasteiger partial charge in [0, 0.05) is 6.54 Å². The van der Waals surface area contributed by atoms with Crippen molar-refractivity contribution < 1.29 is 14.1 Å². The second-order valence-corrected chi connectivity index (χ2v) is 4.92. The third-order valence-electron chi connectivity index (χ3n) is 3.12. The highest BCUT2D eigenvalue weighted by atomic mass is 19.1. The number of nitro groups is 1. The van der Waals surface area contributed by atoms with Crippen LogP contribution in [-0.4, -0.2) is 20.6 Å². The molecule has 0 fully saturated rings. The average molecular weight is 306 g/mol. The third kappa shape index (κ3) is 4.11. The largest absolute Gasteiger partial charge is 0.352 e. The van der Waals surface area contributed by atoms with E-state index in [1.54, 1.807) is 19.1 Å². The molecule has 1 heterocycles. The van der Waals surface area contributed by atoms with Crippen molar-refractivity contribution in [1.29, 1.82) is 0 Å². The van der Waals surface area contributed by atoms with Crippen LogP contribution in [-0.2, 0) is 17.9 Å². The Balaban J connectivity index is 1.86. The zero-order valence-corrected chi connectivity index (χ0v) is 11.9. The number of aromatic nitrogens is 2.